The van der Waals surface area contributed by atoms with Gasteiger partial charge < -0.3 is 14.3 Å². The van der Waals surface area contributed by atoms with E-state index in [9.17, 15) is 0 Å². The lowest BCUT2D eigenvalue weighted by atomic mass is 10.3. The van der Waals surface area contributed by atoms with Crippen LogP contribution in [0, 0.1) is 0 Å². The molecule has 0 aliphatic carbocycles. The number of nitrogens with zero attached hydrogens (tertiary/aromatic N) is 2. The minimum absolute atomic E-state index is 0.190. The first-order valence-electron chi connectivity index (χ1n) is 8.99. The van der Waals surface area contributed by atoms with Crippen molar-refractivity contribution in [2.75, 3.05) is 19.8 Å². The summed E-state index contributed by atoms with van der Waals surface area (Å²) in [5, 5.41) is 4.77. The largest absolute Gasteiger partial charge is 0.489 e. The Bertz CT molecular complexity index is 869. The normalized spacial score (nSPS) is 11.0. The Kier molecular flexibility index (Phi) is 9.03. The van der Waals surface area contributed by atoms with Crippen LogP contribution in [0.4, 0.5) is 0 Å². The van der Waals surface area contributed by atoms with Crippen LogP contribution in [0.5, 0.6) is 11.5 Å². The molecule has 2 rings (SSSR count). The van der Waals surface area contributed by atoms with Crippen LogP contribution < -0.4 is 9.47 Å². The molecule has 0 saturated carbocycles. The van der Waals surface area contributed by atoms with Crippen LogP contribution in [-0.4, -0.2) is 30.5 Å². The van der Waals surface area contributed by atoms with Gasteiger partial charge in [0.1, 0.15) is 31.3 Å². The van der Waals surface area contributed by atoms with E-state index in [2.05, 4.69) is 16.7 Å². The molecule has 0 bridgehead atoms. The Balaban J connectivity index is 1.85. The SMILES string of the molecule is C=C(CO/N=C(\C)c1ccccn1)COc1c(Cl)cc(OCC=C(C)C)cc1Cl. The fourth-order valence-electron chi connectivity index (χ4n) is 2.12. The third-order valence-corrected chi connectivity index (χ3v) is 4.20. The maximum absolute atomic E-state index is 6.28. The lowest BCUT2D eigenvalue weighted by Crippen LogP contribution is -2.07. The quantitative estimate of drug-likeness (QED) is 0.257. The number of halogens is 2. The Labute approximate surface area is 181 Å². The van der Waals surface area contributed by atoms with Crippen molar-refractivity contribution in [1.29, 1.82) is 0 Å². The van der Waals surface area contributed by atoms with Gasteiger partial charge in [-0.2, -0.15) is 0 Å². The van der Waals surface area contributed by atoms with Gasteiger partial charge in [0, 0.05) is 18.3 Å². The number of oxime groups is 1. The van der Waals surface area contributed by atoms with Crippen molar-refractivity contribution in [3.05, 3.63) is 76.1 Å². The first kappa shape index (κ1) is 22.8. The second kappa shape index (κ2) is 11.5. The molecule has 0 N–H and O–H groups in total. The predicted molar refractivity (Wildman–Crippen MR) is 118 cm³/mol. The number of aromatic nitrogens is 1. The van der Waals surface area contributed by atoms with Crippen molar-refractivity contribution < 1.29 is 14.3 Å². The van der Waals surface area contributed by atoms with Crippen molar-refractivity contribution in [1.82, 2.24) is 4.98 Å². The highest BCUT2D eigenvalue weighted by Crippen LogP contribution is 2.37. The van der Waals surface area contributed by atoms with Gasteiger partial charge in [-0.15, -0.1) is 0 Å². The monoisotopic (exact) mass is 434 g/mol. The van der Waals surface area contributed by atoms with Crippen molar-refractivity contribution in [2.45, 2.75) is 20.8 Å². The van der Waals surface area contributed by atoms with Crippen LogP contribution in [-0.2, 0) is 4.84 Å². The van der Waals surface area contributed by atoms with E-state index < -0.39 is 0 Å². The molecule has 5 nitrogen and oxygen atoms in total. The summed E-state index contributed by atoms with van der Waals surface area (Å²) in [7, 11) is 0. The fraction of sp³-hybridized carbons (Fsp3) is 0.273. The summed E-state index contributed by atoms with van der Waals surface area (Å²) < 4.78 is 11.3. The Morgan fingerprint density at radius 3 is 2.45 bits per heavy atom. The van der Waals surface area contributed by atoms with Crippen LogP contribution in [0.3, 0.4) is 0 Å². The second-order valence-electron chi connectivity index (χ2n) is 6.51. The second-order valence-corrected chi connectivity index (χ2v) is 7.33. The minimum atomic E-state index is 0.190. The zero-order chi connectivity index (χ0) is 21.2. The van der Waals surface area contributed by atoms with Gasteiger partial charge in [0.15, 0.2) is 5.75 Å². The molecule has 0 spiro atoms. The van der Waals surface area contributed by atoms with E-state index >= 15 is 0 Å². The Morgan fingerprint density at radius 2 is 1.83 bits per heavy atom. The number of rotatable bonds is 10. The van der Waals surface area contributed by atoms with E-state index in [1.807, 2.05) is 45.0 Å². The van der Waals surface area contributed by atoms with Crippen LogP contribution >= 0.6 is 23.2 Å². The zero-order valence-corrected chi connectivity index (χ0v) is 18.3. The van der Waals surface area contributed by atoms with Gasteiger partial charge >= 0.3 is 0 Å². The van der Waals surface area contributed by atoms with Crippen molar-refractivity contribution in [3.8, 4) is 11.5 Å². The first-order valence-corrected chi connectivity index (χ1v) is 9.75. The summed E-state index contributed by atoms with van der Waals surface area (Å²) in [6.07, 6.45) is 3.67. The number of benzene rings is 1. The van der Waals surface area contributed by atoms with Crippen molar-refractivity contribution in [3.63, 3.8) is 0 Å². The van der Waals surface area contributed by atoms with Crippen LogP contribution in [0.1, 0.15) is 26.5 Å². The van der Waals surface area contributed by atoms with E-state index in [4.69, 9.17) is 37.5 Å². The third kappa shape index (κ3) is 7.80. The summed E-state index contributed by atoms with van der Waals surface area (Å²) in [5.74, 6) is 0.948. The summed E-state index contributed by atoms with van der Waals surface area (Å²) >= 11 is 12.6. The van der Waals surface area contributed by atoms with Gasteiger partial charge in [-0.25, -0.2) is 0 Å². The van der Waals surface area contributed by atoms with Crippen LogP contribution in [0.15, 0.2) is 65.5 Å². The summed E-state index contributed by atoms with van der Waals surface area (Å²) in [6.45, 7) is 10.6. The number of ether oxygens (including phenoxy) is 2. The van der Waals surface area contributed by atoms with Gasteiger partial charge in [-0.1, -0.05) is 46.6 Å². The van der Waals surface area contributed by atoms with Gasteiger partial charge in [0.25, 0.3) is 0 Å². The summed E-state index contributed by atoms with van der Waals surface area (Å²) in [5.41, 5.74) is 3.27. The third-order valence-electron chi connectivity index (χ3n) is 3.64. The molecule has 1 aromatic heterocycles. The standard InChI is InChI=1S/C22H24Cl2N2O3/c1-15(2)8-10-27-18-11-19(23)22(20(24)12-18)28-13-16(3)14-29-26-17(4)21-7-5-6-9-25-21/h5-9,11-12H,3,10,13-14H2,1-2,4H3/b26-17+. The Morgan fingerprint density at radius 1 is 1.10 bits per heavy atom. The average Bonchev–Trinajstić information content (AvgIpc) is 2.67. The number of hydrogen-bond acceptors (Lipinski definition) is 5. The van der Waals surface area contributed by atoms with E-state index in [-0.39, 0.29) is 13.2 Å². The fourth-order valence-corrected chi connectivity index (χ4v) is 2.70. The molecule has 0 saturated heterocycles. The highest BCUT2D eigenvalue weighted by molar-refractivity contribution is 6.37. The maximum atomic E-state index is 6.28. The molecule has 1 heterocycles. The lowest BCUT2D eigenvalue weighted by Gasteiger charge is -2.13. The van der Waals surface area contributed by atoms with Gasteiger partial charge in [-0.3, -0.25) is 4.98 Å². The van der Waals surface area contributed by atoms with E-state index in [1.165, 1.54) is 5.57 Å². The van der Waals surface area contributed by atoms with E-state index in [1.54, 1.807) is 18.3 Å². The lowest BCUT2D eigenvalue weighted by molar-refractivity contribution is 0.159. The number of allylic oxidation sites excluding steroid dienone is 1. The molecule has 0 unspecified atom stereocenters. The average molecular weight is 435 g/mol. The molecule has 0 aliphatic heterocycles. The molecular formula is C22H24Cl2N2O3. The Hall–Kier alpha value is -2.50. The van der Waals surface area contributed by atoms with Gasteiger partial charge in [0.05, 0.1) is 15.7 Å². The summed E-state index contributed by atoms with van der Waals surface area (Å²) in [6, 6.07) is 8.92. The van der Waals surface area contributed by atoms with Crippen molar-refractivity contribution in [2.24, 2.45) is 5.16 Å². The zero-order valence-electron chi connectivity index (χ0n) is 16.7. The number of pyridine rings is 1. The molecule has 7 heteroatoms. The molecule has 154 valence electrons. The molecular weight excluding hydrogens is 411 g/mol. The molecule has 0 amide bonds. The highest BCUT2D eigenvalue weighted by Gasteiger charge is 2.11. The molecule has 0 atom stereocenters. The molecule has 29 heavy (non-hydrogen) atoms. The molecule has 0 aliphatic rings. The number of hydrogen-bond donors (Lipinski definition) is 0. The minimum Gasteiger partial charge on any atom is -0.489 e. The van der Waals surface area contributed by atoms with E-state index in [0.717, 1.165) is 5.69 Å². The summed E-state index contributed by atoms with van der Waals surface area (Å²) in [4.78, 5) is 9.53. The van der Waals surface area contributed by atoms with Gasteiger partial charge in [-0.05, 0) is 44.6 Å². The van der Waals surface area contributed by atoms with Gasteiger partial charge in [0.2, 0.25) is 0 Å². The maximum Gasteiger partial charge on any atom is 0.157 e. The highest BCUT2D eigenvalue weighted by atomic mass is 35.5. The molecule has 1 aromatic carbocycles. The molecule has 2 aromatic rings. The molecule has 0 radical (unpaired) electrons. The predicted octanol–water partition coefficient (Wildman–Crippen LogP) is 6.11. The van der Waals surface area contributed by atoms with Crippen molar-refractivity contribution >= 4 is 28.9 Å². The smallest absolute Gasteiger partial charge is 0.157 e. The molecule has 0 fully saturated rings. The first-order chi connectivity index (χ1) is 13.9. The van der Waals surface area contributed by atoms with Crippen LogP contribution in [0.2, 0.25) is 10.0 Å². The van der Waals surface area contributed by atoms with Crippen LogP contribution in [0.25, 0.3) is 0 Å². The topological polar surface area (TPSA) is 52.9 Å². The van der Waals surface area contributed by atoms with E-state index in [0.29, 0.717) is 39.4 Å².